The number of likely N-dealkylation sites (tertiary alicyclic amines) is 1. The minimum absolute atomic E-state index is 0.0698. The summed E-state index contributed by atoms with van der Waals surface area (Å²) >= 11 is 1.50. The Balaban J connectivity index is 1.79. The van der Waals surface area contributed by atoms with E-state index in [1.807, 2.05) is 0 Å². The topological polar surface area (TPSA) is 82.5 Å². The molecule has 2 heterocycles. The lowest BCUT2D eigenvalue weighted by Gasteiger charge is -2.32. The van der Waals surface area contributed by atoms with Crippen molar-refractivity contribution in [2.45, 2.75) is 25.8 Å². The molecule has 0 spiro atoms. The molecule has 1 aliphatic rings. The van der Waals surface area contributed by atoms with Crippen molar-refractivity contribution in [1.82, 2.24) is 15.2 Å². The van der Waals surface area contributed by atoms with E-state index in [2.05, 4.69) is 10.3 Å². The highest BCUT2D eigenvalue weighted by Gasteiger charge is 2.25. The fourth-order valence-electron chi connectivity index (χ4n) is 2.27. The van der Waals surface area contributed by atoms with Crippen LogP contribution >= 0.6 is 11.3 Å². The fraction of sp³-hybridized carbons (Fsp3) is 0.583. The Bertz CT molecular complexity index is 435. The zero-order valence-corrected chi connectivity index (χ0v) is 11.4. The molecule has 1 atom stereocenters. The molecule has 19 heavy (non-hydrogen) atoms. The van der Waals surface area contributed by atoms with E-state index >= 15 is 0 Å². The first-order chi connectivity index (χ1) is 9.15. The molecule has 1 fully saturated rings. The van der Waals surface area contributed by atoms with Gasteiger partial charge in [-0.05, 0) is 18.8 Å². The van der Waals surface area contributed by atoms with Crippen LogP contribution in [0.2, 0.25) is 0 Å². The number of nitrogens with one attached hydrogen (secondary N) is 1. The van der Waals surface area contributed by atoms with Gasteiger partial charge in [-0.3, -0.25) is 9.78 Å². The summed E-state index contributed by atoms with van der Waals surface area (Å²) in [5, 5.41) is 11.6. The summed E-state index contributed by atoms with van der Waals surface area (Å²) in [6, 6.07) is -0.122. The lowest BCUT2D eigenvalue weighted by Crippen LogP contribution is -2.45. The van der Waals surface area contributed by atoms with Crippen LogP contribution in [0.3, 0.4) is 0 Å². The molecular weight excluding hydrogens is 266 g/mol. The number of urea groups is 1. The van der Waals surface area contributed by atoms with Crippen LogP contribution in [0.5, 0.6) is 0 Å². The standard InChI is InChI=1S/C12H17N3O3S/c16-11(17)4-9-2-1-3-15(7-9)12(18)14-6-10-5-13-8-19-10/h5,8-9H,1-4,6-7H2,(H,14,18)(H,16,17). The molecule has 1 aromatic rings. The SMILES string of the molecule is O=C(O)CC1CCCN(C(=O)NCc2cncs2)C1. The average Bonchev–Trinajstić information content (AvgIpc) is 2.88. The second-order valence-corrected chi connectivity index (χ2v) is 5.65. The predicted octanol–water partition coefficient (Wildman–Crippen LogP) is 1.54. The van der Waals surface area contributed by atoms with Crippen molar-refractivity contribution in [3.8, 4) is 0 Å². The first-order valence-corrected chi connectivity index (χ1v) is 7.15. The summed E-state index contributed by atoms with van der Waals surface area (Å²) in [4.78, 5) is 29.3. The monoisotopic (exact) mass is 283 g/mol. The van der Waals surface area contributed by atoms with Crippen molar-refractivity contribution in [2.75, 3.05) is 13.1 Å². The largest absolute Gasteiger partial charge is 0.481 e. The minimum Gasteiger partial charge on any atom is -0.481 e. The van der Waals surface area contributed by atoms with Gasteiger partial charge in [-0.1, -0.05) is 0 Å². The number of carboxylic acids is 1. The van der Waals surface area contributed by atoms with E-state index in [1.54, 1.807) is 16.6 Å². The molecule has 1 aliphatic heterocycles. The molecule has 2 amide bonds. The number of carbonyl (C=O) groups is 2. The summed E-state index contributed by atoms with van der Waals surface area (Å²) in [7, 11) is 0. The molecule has 7 heteroatoms. The van der Waals surface area contributed by atoms with Gasteiger partial charge in [-0.25, -0.2) is 4.79 Å². The van der Waals surface area contributed by atoms with Gasteiger partial charge in [0.25, 0.3) is 0 Å². The Morgan fingerprint density at radius 3 is 3.11 bits per heavy atom. The number of amides is 2. The van der Waals surface area contributed by atoms with E-state index in [-0.39, 0.29) is 18.4 Å². The Labute approximate surface area is 115 Å². The van der Waals surface area contributed by atoms with E-state index in [1.165, 1.54) is 11.3 Å². The zero-order chi connectivity index (χ0) is 13.7. The smallest absolute Gasteiger partial charge is 0.317 e. The Morgan fingerprint density at radius 2 is 2.42 bits per heavy atom. The van der Waals surface area contributed by atoms with Crippen molar-refractivity contribution in [2.24, 2.45) is 5.92 Å². The molecule has 0 radical (unpaired) electrons. The lowest BCUT2D eigenvalue weighted by atomic mass is 9.95. The molecule has 0 saturated carbocycles. The molecule has 1 saturated heterocycles. The third-order valence-corrected chi connectivity index (χ3v) is 3.95. The second kappa shape index (κ2) is 6.51. The molecule has 1 aromatic heterocycles. The van der Waals surface area contributed by atoms with Gasteiger partial charge in [0.1, 0.15) is 0 Å². The average molecular weight is 283 g/mol. The van der Waals surface area contributed by atoms with Gasteiger partial charge in [0.2, 0.25) is 0 Å². The first kappa shape index (κ1) is 13.8. The molecule has 104 valence electrons. The number of aromatic nitrogens is 1. The molecule has 2 rings (SSSR count). The van der Waals surface area contributed by atoms with Crippen molar-refractivity contribution in [3.05, 3.63) is 16.6 Å². The second-order valence-electron chi connectivity index (χ2n) is 4.68. The number of carboxylic acid groups (broad SMARTS) is 1. The molecule has 0 aromatic carbocycles. The van der Waals surface area contributed by atoms with Crippen molar-refractivity contribution in [1.29, 1.82) is 0 Å². The fourth-order valence-corrected chi connectivity index (χ4v) is 2.80. The van der Waals surface area contributed by atoms with Gasteiger partial charge >= 0.3 is 12.0 Å². The maximum absolute atomic E-state index is 12.0. The number of carbonyl (C=O) groups excluding carboxylic acids is 1. The summed E-state index contributed by atoms with van der Waals surface area (Å²) in [6.45, 7) is 1.70. The molecule has 6 nitrogen and oxygen atoms in total. The number of hydrogen-bond donors (Lipinski definition) is 2. The number of aliphatic carboxylic acids is 1. The summed E-state index contributed by atoms with van der Waals surface area (Å²) in [5.74, 6) is -0.725. The quantitative estimate of drug-likeness (QED) is 0.878. The van der Waals surface area contributed by atoms with Crippen LogP contribution in [0.25, 0.3) is 0 Å². The van der Waals surface area contributed by atoms with Crippen LogP contribution < -0.4 is 5.32 Å². The van der Waals surface area contributed by atoms with Gasteiger partial charge in [-0.15, -0.1) is 11.3 Å². The number of thiazole rings is 1. The van der Waals surface area contributed by atoms with E-state index in [0.29, 0.717) is 19.6 Å². The normalized spacial score (nSPS) is 19.2. The van der Waals surface area contributed by atoms with Crippen LogP contribution in [-0.2, 0) is 11.3 Å². The van der Waals surface area contributed by atoms with E-state index in [0.717, 1.165) is 17.7 Å². The third kappa shape index (κ3) is 4.20. The van der Waals surface area contributed by atoms with Crippen LogP contribution in [0.1, 0.15) is 24.1 Å². The number of rotatable bonds is 4. The highest BCUT2D eigenvalue weighted by atomic mass is 32.1. The maximum atomic E-state index is 12.0. The number of nitrogens with zero attached hydrogens (tertiary/aromatic N) is 2. The Kier molecular flexibility index (Phi) is 4.73. The van der Waals surface area contributed by atoms with Crippen LogP contribution in [-0.4, -0.2) is 40.1 Å². The van der Waals surface area contributed by atoms with E-state index in [9.17, 15) is 9.59 Å². The lowest BCUT2D eigenvalue weighted by molar-refractivity contribution is -0.138. The number of piperidine rings is 1. The van der Waals surface area contributed by atoms with Crippen molar-refractivity contribution >= 4 is 23.3 Å². The van der Waals surface area contributed by atoms with Crippen molar-refractivity contribution < 1.29 is 14.7 Å². The van der Waals surface area contributed by atoms with Gasteiger partial charge < -0.3 is 15.3 Å². The third-order valence-electron chi connectivity index (χ3n) is 3.17. The summed E-state index contributed by atoms with van der Waals surface area (Å²) in [6.07, 6.45) is 3.61. The predicted molar refractivity (Wildman–Crippen MR) is 70.9 cm³/mol. The van der Waals surface area contributed by atoms with Crippen molar-refractivity contribution in [3.63, 3.8) is 0 Å². The number of hydrogen-bond acceptors (Lipinski definition) is 4. The highest BCUT2D eigenvalue weighted by Crippen LogP contribution is 2.19. The van der Waals surface area contributed by atoms with Gasteiger partial charge in [0.05, 0.1) is 12.1 Å². The van der Waals surface area contributed by atoms with Crippen LogP contribution in [0, 0.1) is 5.92 Å². The van der Waals surface area contributed by atoms with Crippen LogP contribution in [0.4, 0.5) is 4.79 Å². The summed E-state index contributed by atoms with van der Waals surface area (Å²) in [5.41, 5.74) is 1.73. The molecule has 1 unspecified atom stereocenters. The van der Waals surface area contributed by atoms with Gasteiger partial charge in [-0.2, -0.15) is 0 Å². The molecule has 2 N–H and O–H groups in total. The molecule has 0 bridgehead atoms. The highest BCUT2D eigenvalue weighted by molar-refractivity contribution is 7.09. The molecular formula is C12H17N3O3S. The summed E-state index contributed by atoms with van der Waals surface area (Å²) < 4.78 is 0. The zero-order valence-electron chi connectivity index (χ0n) is 10.5. The first-order valence-electron chi connectivity index (χ1n) is 6.27. The van der Waals surface area contributed by atoms with Gasteiger partial charge in [0, 0.05) is 30.6 Å². The van der Waals surface area contributed by atoms with Gasteiger partial charge in [0.15, 0.2) is 0 Å². The Hall–Kier alpha value is -1.63. The van der Waals surface area contributed by atoms with Crippen LogP contribution in [0.15, 0.2) is 11.7 Å². The van der Waals surface area contributed by atoms with E-state index in [4.69, 9.17) is 5.11 Å². The van der Waals surface area contributed by atoms with E-state index < -0.39 is 5.97 Å². The molecule has 0 aliphatic carbocycles. The Morgan fingerprint density at radius 1 is 1.58 bits per heavy atom. The minimum atomic E-state index is -0.795. The maximum Gasteiger partial charge on any atom is 0.317 e.